The second kappa shape index (κ2) is 8.89. The summed E-state index contributed by atoms with van der Waals surface area (Å²) in [5.41, 5.74) is -2.73. The molecule has 0 radical (unpaired) electrons. The molecule has 11 heteroatoms. The average molecular weight is 523 g/mol. The molecule has 0 aliphatic rings. The highest BCUT2D eigenvalue weighted by Gasteiger charge is 2.35. The summed E-state index contributed by atoms with van der Waals surface area (Å²) in [4.78, 5) is 16.7. The predicted octanol–water partition coefficient (Wildman–Crippen LogP) is 7.83. The van der Waals surface area contributed by atoms with E-state index in [0.29, 0.717) is 17.8 Å². The van der Waals surface area contributed by atoms with E-state index in [1.807, 2.05) is 0 Å². The van der Waals surface area contributed by atoms with Crippen LogP contribution in [-0.2, 0) is 17.1 Å². The number of rotatable bonds is 3. The van der Waals surface area contributed by atoms with E-state index in [1.54, 1.807) is 20.8 Å². The predicted molar refractivity (Wildman–Crippen MR) is 124 cm³/mol. The van der Waals surface area contributed by atoms with Gasteiger partial charge in [0.2, 0.25) is 5.91 Å². The summed E-state index contributed by atoms with van der Waals surface area (Å²) >= 11 is 0. The van der Waals surface area contributed by atoms with Crippen LogP contribution >= 0.6 is 0 Å². The fourth-order valence-corrected chi connectivity index (χ4v) is 3.58. The molecule has 4 rings (SSSR count). The average Bonchev–Trinajstić information content (AvgIpc) is 3.20. The van der Waals surface area contributed by atoms with Gasteiger partial charge in [-0.3, -0.25) is 4.79 Å². The number of aromatic nitrogens is 2. The highest BCUT2D eigenvalue weighted by atomic mass is 19.4. The van der Waals surface area contributed by atoms with Gasteiger partial charge in [0.25, 0.3) is 0 Å². The minimum Gasteiger partial charge on any atom is -0.325 e. The van der Waals surface area contributed by atoms with Crippen molar-refractivity contribution in [2.45, 2.75) is 33.1 Å². The largest absolute Gasteiger partial charge is 0.418 e. The van der Waals surface area contributed by atoms with Crippen molar-refractivity contribution in [3.63, 3.8) is 0 Å². The van der Waals surface area contributed by atoms with E-state index < -0.39 is 46.3 Å². The number of amides is 1. The lowest BCUT2D eigenvalue weighted by atomic mass is 9.95. The van der Waals surface area contributed by atoms with Gasteiger partial charge in [-0.15, -0.1) is 0 Å². The quantitative estimate of drug-likeness (QED) is 0.278. The maximum atomic E-state index is 14.4. The number of nitrogens with one attached hydrogen (secondary N) is 1. The molecule has 1 amide bonds. The summed E-state index contributed by atoms with van der Waals surface area (Å²) in [5, 5.41) is 2.33. The van der Waals surface area contributed by atoms with Gasteiger partial charge >= 0.3 is 12.4 Å². The summed E-state index contributed by atoms with van der Waals surface area (Å²) in [7, 11) is 0. The Labute approximate surface area is 206 Å². The summed E-state index contributed by atoms with van der Waals surface area (Å²) in [6.45, 7) is 4.69. The van der Waals surface area contributed by atoms with Crippen molar-refractivity contribution in [1.82, 2.24) is 9.38 Å². The second-order valence-electron chi connectivity index (χ2n) is 9.46. The van der Waals surface area contributed by atoms with Crippen LogP contribution in [0.2, 0.25) is 0 Å². The summed E-state index contributed by atoms with van der Waals surface area (Å²) in [5.74, 6) is -1.47. The number of pyridine rings is 1. The molecule has 4 nitrogen and oxygen atoms in total. The molecule has 0 saturated carbocycles. The zero-order valence-corrected chi connectivity index (χ0v) is 19.7. The van der Waals surface area contributed by atoms with Crippen LogP contribution in [0.4, 0.5) is 36.4 Å². The molecule has 0 atom stereocenters. The highest BCUT2D eigenvalue weighted by Crippen LogP contribution is 2.38. The molecular formula is C26H20F7N3O. The van der Waals surface area contributed by atoms with Crippen molar-refractivity contribution in [2.75, 3.05) is 5.32 Å². The standard InChI is InChI=1S/C26H20F7N3O/c1-24(2,3)23(37)35-20-10-14(4-7-18(20)26(31,32)33)21-13-36-12-15(5-9-22(36)34-21)17-11-16(25(28,29)30)6-8-19(17)27/h4-13H,1-3H3,(H,35,37). The van der Waals surface area contributed by atoms with Crippen molar-refractivity contribution in [2.24, 2.45) is 5.41 Å². The second-order valence-corrected chi connectivity index (χ2v) is 9.46. The number of imidazole rings is 1. The third-order valence-electron chi connectivity index (χ3n) is 5.61. The maximum absolute atomic E-state index is 14.4. The molecule has 0 saturated heterocycles. The number of halogens is 7. The number of alkyl halides is 6. The SMILES string of the molecule is CC(C)(C)C(=O)Nc1cc(-c2cn3cc(-c4cc(C(F)(F)F)ccc4F)ccc3n2)ccc1C(F)(F)F. The number of fused-ring (bicyclic) bond motifs is 1. The first kappa shape index (κ1) is 26.2. The van der Waals surface area contributed by atoms with Crippen LogP contribution in [0.25, 0.3) is 28.0 Å². The van der Waals surface area contributed by atoms with E-state index >= 15 is 0 Å². The monoisotopic (exact) mass is 523 g/mol. The van der Waals surface area contributed by atoms with E-state index in [4.69, 9.17) is 0 Å². The Morgan fingerprint density at radius 1 is 0.838 bits per heavy atom. The van der Waals surface area contributed by atoms with Crippen molar-refractivity contribution >= 4 is 17.2 Å². The number of anilines is 1. The Morgan fingerprint density at radius 2 is 1.51 bits per heavy atom. The summed E-state index contributed by atoms with van der Waals surface area (Å²) in [6, 6.07) is 8.11. The smallest absolute Gasteiger partial charge is 0.325 e. The van der Waals surface area contributed by atoms with Crippen molar-refractivity contribution in [3.8, 4) is 22.4 Å². The van der Waals surface area contributed by atoms with Gasteiger partial charge in [-0.2, -0.15) is 26.3 Å². The zero-order valence-electron chi connectivity index (χ0n) is 19.7. The fraction of sp³-hybridized carbons (Fsp3) is 0.231. The van der Waals surface area contributed by atoms with Crippen LogP contribution in [0.5, 0.6) is 0 Å². The Bertz CT molecular complexity index is 1500. The maximum Gasteiger partial charge on any atom is 0.418 e. The minimum absolute atomic E-state index is 0.144. The van der Waals surface area contributed by atoms with E-state index in [1.165, 1.54) is 35.0 Å². The van der Waals surface area contributed by atoms with Gasteiger partial charge in [0.05, 0.1) is 22.5 Å². The van der Waals surface area contributed by atoms with Gasteiger partial charge in [-0.25, -0.2) is 9.37 Å². The topological polar surface area (TPSA) is 46.4 Å². The fourth-order valence-electron chi connectivity index (χ4n) is 3.58. The minimum atomic E-state index is -4.72. The number of carbonyl (C=O) groups is 1. The number of hydrogen-bond donors (Lipinski definition) is 1. The van der Waals surface area contributed by atoms with E-state index in [0.717, 1.165) is 18.2 Å². The Balaban J connectivity index is 1.77. The van der Waals surface area contributed by atoms with Gasteiger partial charge in [0.15, 0.2) is 0 Å². The molecule has 0 aliphatic carbocycles. The third kappa shape index (κ3) is 5.45. The molecule has 0 spiro atoms. The van der Waals surface area contributed by atoms with Crippen LogP contribution < -0.4 is 5.32 Å². The van der Waals surface area contributed by atoms with Crippen molar-refractivity contribution in [3.05, 3.63) is 77.9 Å². The number of hydrogen-bond acceptors (Lipinski definition) is 2. The molecule has 0 aliphatic heterocycles. The summed E-state index contributed by atoms with van der Waals surface area (Å²) < 4.78 is 95.8. The molecule has 194 valence electrons. The van der Waals surface area contributed by atoms with E-state index in [9.17, 15) is 35.5 Å². The van der Waals surface area contributed by atoms with Crippen LogP contribution in [-0.4, -0.2) is 15.3 Å². The van der Waals surface area contributed by atoms with Gasteiger partial charge < -0.3 is 9.72 Å². The first-order valence-electron chi connectivity index (χ1n) is 10.9. The van der Waals surface area contributed by atoms with Crippen LogP contribution in [0.1, 0.15) is 31.9 Å². The molecule has 4 aromatic rings. The van der Waals surface area contributed by atoms with Gasteiger partial charge in [0.1, 0.15) is 11.5 Å². The molecule has 0 fully saturated rings. The normalized spacial score (nSPS) is 12.7. The molecule has 37 heavy (non-hydrogen) atoms. The van der Waals surface area contributed by atoms with Crippen LogP contribution in [0.15, 0.2) is 60.9 Å². The molecule has 2 aromatic heterocycles. The Hall–Kier alpha value is -3.89. The highest BCUT2D eigenvalue weighted by molar-refractivity contribution is 5.96. The first-order chi connectivity index (χ1) is 17.0. The van der Waals surface area contributed by atoms with Crippen molar-refractivity contribution < 1.29 is 35.5 Å². The Morgan fingerprint density at radius 3 is 2.14 bits per heavy atom. The first-order valence-corrected chi connectivity index (χ1v) is 10.9. The number of nitrogens with zero attached hydrogens (tertiary/aromatic N) is 2. The molecular weight excluding hydrogens is 503 g/mol. The molecule has 2 aromatic carbocycles. The van der Waals surface area contributed by atoms with Crippen molar-refractivity contribution in [1.29, 1.82) is 0 Å². The lowest BCUT2D eigenvalue weighted by Gasteiger charge is -2.20. The molecule has 2 heterocycles. The van der Waals surface area contributed by atoms with Gasteiger partial charge in [-0.05, 0) is 42.5 Å². The number of benzene rings is 2. The van der Waals surface area contributed by atoms with E-state index in [2.05, 4.69) is 10.3 Å². The van der Waals surface area contributed by atoms with E-state index in [-0.39, 0.29) is 22.4 Å². The third-order valence-corrected chi connectivity index (χ3v) is 5.61. The Kier molecular flexibility index (Phi) is 6.29. The van der Waals surface area contributed by atoms with Crippen LogP contribution in [0, 0.1) is 11.2 Å². The van der Waals surface area contributed by atoms with Gasteiger partial charge in [-0.1, -0.05) is 26.8 Å². The molecule has 0 unspecified atom stereocenters. The zero-order chi connectivity index (χ0) is 27.3. The molecule has 1 N–H and O–H groups in total. The lowest BCUT2D eigenvalue weighted by Crippen LogP contribution is -2.28. The van der Waals surface area contributed by atoms with Gasteiger partial charge in [0, 0.05) is 34.5 Å². The lowest BCUT2D eigenvalue weighted by molar-refractivity contribution is -0.138. The summed E-state index contributed by atoms with van der Waals surface area (Å²) in [6.07, 6.45) is -6.56. The van der Waals surface area contributed by atoms with Crippen LogP contribution in [0.3, 0.4) is 0 Å². The molecule has 0 bridgehead atoms. The number of carbonyl (C=O) groups excluding carboxylic acids is 1.